The maximum Gasteiger partial charge on any atom is 0.185 e. The fraction of sp³-hybridized carbons (Fsp3) is 0.333. The van der Waals surface area contributed by atoms with Crippen molar-refractivity contribution < 1.29 is 20.1 Å². The van der Waals surface area contributed by atoms with Crippen LogP contribution in [0.4, 0.5) is 0 Å². The topological polar surface area (TPSA) is 102 Å². The van der Waals surface area contributed by atoms with Gasteiger partial charge in [-0.15, -0.1) is 0 Å². The van der Waals surface area contributed by atoms with Crippen LogP contribution in [-0.4, -0.2) is 32.3 Å². The van der Waals surface area contributed by atoms with Crippen molar-refractivity contribution in [1.82, 2.24) is 0 Å². The molecule has 0 radical (unpaired) electrons. The first kappa shape index (κ1) is 14.5. The van der Waals surface area contributed by atoms with Gasteiger partial charge in [-0.25, -0.2) is 0 Å². The van der Waals surface area contributed by atoms with E-state index in [0.717, 1.165) is 11.8 Å². The minimum atomic E-state index is -1.20. The standard InChI is InChI=1S/C12H13NO4S/c1-7(14)18-6-11(16)12(17)8-2-3-10(15)9(4-8)5-13/h2-4,11-12,15-17H,6H2,1H3. The molecule has 1 aromatic rings. The van der Waals surface area contributed by atoms with Crippen LogP contribution in [0.5, 0.6) is 5.75 Å². The number of nitrogens with zero attached hydrogens (tertiary/aromatic N) is 1. The lowest BCUT2D eigenvalue weighted by atomic mass is 10.0. The second-order valence-electron chi connectivity index (χ2n) is 3.70. The summed E-state index contributed by atoms with van der Waals surface area (Å²) in [5.41, 5.74) is 0.346. The number of hydrogen-bond acceptors (Lipinski definition) is 6. The Bertz CT molecular complexity index is 483. The molecule has 0 aliphatic rings. The predicted octanol–water partition coefficient (Wildman–Crippen LogP) is 0.938. The minimum Gasteiger partial charge on any atom is -0.507 e. The number of aliphatic hydroxyl groups excluding tert-OH is 2. The van der Waals surface area contributed by atoms with E-state index in [1.54, 1.807) is 6.07 Å². The van der Waals surface area contributed by atoms with Gasteiger partial charge >= 0.3 is 0 Å². The van der Waals surface area contributed by atoms with Crippen molar-refractivity contribution in [1.29, 1.82) is 5.26 Å². The molecular formula is C12H13NO4S. The molecule has 0 aliphatic carbocycles. The van der Waals surface area contributed by atoms with E-state index in [-0.39, 0.29) is 22.2 Å². The molecule has 5 nitrogen and oxygen atoms in total. The number of phenols is 1. The Balaban J connectivity index is 2.80. The summed E-state index contributed by atoms with van der Waals surface area (Å²) in [7, 11) is 0. The number of benzene rings is 1. The Morgan fingerprint density at radius 1 is 1.50 bits per heavy atom. The monoisotopic (exact) mass is 267 g/mol. The first-order valence-electron chi connectivity index (χ1n) is 5.18. The molecule has 18 heavy (non-hydrogen) atoms. The molecule has 0 bridgehead atoms. The van der Waals surface area contributed by atoms with Gasteiger partial charge in [0.1, 0.15) is 17.9 Å². The van der Waals surface area contributed by atoms with Crippen molar-refractivity contribution in [3.63, 3.8) is 0 Å². The quantitative estimate of drug-likeness (QED) is 0.750. The van der Waals surface area contributed by atoms with Gasteiger partial charge in [-0.1, -0.05) is 17.8 Å². The van der Waals surface area contributed by atoms with E-state index in [2.05, 4.69) is 0 Å². The largest absolute Gasteiger partial charge is 0.507 e. The van der Waals surface area contributed by atoms with E-state index in [1.165, 1.54) is 25.1 Å². The van der Waals surface area contributed by atoms with Crippen LogP contribution in [0.15, 0.2) is 18.2 Å². The molecule has 0 aliphatic heterocycles. The summed E-state index contributed by atoms with van der Waals surface area (Å²) in [4.78, 5) is 10.7. The lowest BCUT2D eigenvalue weighted by molar-refractivity contribution is -0.109. The van der Waals surface area contributed by atoms with Gasteiger partial charge in [-0.2, -0.15) is 5.26 Å². The van der Waals surface area contributed by atoms with Crippen molar-refractivity contribution in [3.8, 4) is 11.8 Å². The Hall–Kier alpha value is -1.55. The van der Waals surface area contributed by atoms with Crippen LogP contribution in [0.2, 0.25) is 0 Å². The summed E-state index contributed by atoms with van der Waals surface area (Å²) < 4.78 is 0. The van der Waals surface area contributed by atoms with Crippen LogP contribution in [0.25, 0.3) is 0 Å². The summed E-state index contributed by atoms with van der Waals surface area (Å²) in [6.07, 6.45) is -2.32. The summed E-state index contributed by atoms with van der Waals surface area (Å²) in [5.74, 6) is -0.111. The van der Waals surface area contributed by atoms with Crippen LogP contribution >= 0.6 is 11.8 Å². The molecule has 0 aromatic heterocycles. The number of aromatic hydroxyl groups is 1. The van der Waals surface area contributed by atoms with E-state index >= 15 is 0 Å². The SMILES string of the molecule is CC(=O)SCC(O)C(O)c1ccc(O)c(C#N)c1. The van der Waals surface area contributed by atoms with Gasteiger partial charge < -0.3 is 15.3 Å². The molecule has 2 atom stereocenters. The van der Waals surface area contributed by atoms with E-state index in [1.807, 2.05) is 0 Å². The highest BCUT2D eigenvalue weighted by Crippen LogP contribution is 2.25. The van der Waals surface area contributed by atoms with Crippen LogP contribution in [0, 0.1) is 11.3 Å². The van der Waals surface area contributed by atoms with E-state index in [4.69, 9.17) is 5.26 Å². The lowest BCUT2D eigenvalue weighted by Gasteiger charge is -2.17. The van der Waals surface area contributed by atoms with Crippen LogP contribution in [0.3, 0.4) is 0 Å². The van der Waals surface area contributed by atoms with Crippen LogP contribution in [0.1, 0.15) is 24.2 Å². The third kappa shape index (κ3) is 3.74. The Kier molecular flexibility index (Phi) is 5.16. The third-order valence-corrected chi connectivity index (χ3v) is 3.22. The van der Waals surface area contributed by atoms with E-state index in [0.29, 0.717) is 5.56 Å². The Morgan fingerprint density at radius 2 is 2.17 bits per heavy atom. The van der Waals surface area contributed by atoms with Gasteiger partial charge in [0.05, 0.1) is 11.7 Å². The maximum atomic E-state index is 10.7. The molecule has 1 rings (SSSR count). The lowest BCUT2D eigenvalue weighted by Crippen LogP contribution is -2.21. The number of phenolic OH excluding ortho intramolecular Hbond substituents is 1. The predicted molar refractivity (Wildman–Crippen MR) is 66.9 cm³/mol. The smallest absolute Gasteiger partial charge is 0.185 e. The molecule has 96 valence electrons. The van der Waals surface area contributed by atoms with Crippen molar-refractivity contribution in [2.24, 2.45) is 0 Å². The van der Waals surface area contributed by atoms with Gasteiger partial charge in [-0.3, -0.25) is 4.79 Å². The molecular weight excluding hydrogens is 254 g/mol. The first-order valence-corrected chi connectivity index (χ1v) is 6.16. The second kappa shape index (κ2) is 6.40. The van der Waals surface area contributed by atoms with E-state index in [9.17, 15) is 20.1 Å². The number of nitriles is 1. The zero-order valence-corrected chi connectivity index (χ0v) is 10.5. The fourth-order valence-electron chi connectivity index (χ4n) is 1.34. The number of thioether (sulfide) groups is 1. The van der Waals surface area contributed by atoms with Crippen molar-refractivity contribution >= 4 is 16.9 Å². The molecule has 1 aromatic carbocycles. The summed E-state index contributed by atoms with van der Waals surface area (Å²) in [5, 5.41) is 37.4. The summed E-state index contributed by atoms with van der Waals surface area (Å²) in [6.45, 7) is 1.37. The number of rotatable bonds is 4. The molecule has 0 saturated carbocycles. The zero-order chi connectivity index (χ0) is 13.7. The zero-order valence-electron chi connectivity index (χ0n) is 9.70. The van der Waals surface area contributed by atoms with Crippen molar-refractivity contribution in [2.45, 2.75) is 19.1 Å². The van der Waals surface area contributed by atoms with Gasteiger partial charge in [0.15, 0.2) is 5.12 Å². The van der Waals surface area contributed by atoms with E-state index < -0.39 is 12.2 Å². The van der Waals surface area contributed by atoms with Crippen LogP contribution in [-0.2, 0) is 4.79 Å². The van der Waals surface area contributed by atoms with Gasteiger partial charge in [-0.05, 0) is 17.7 Å². The fourth-order valence-corrected chi connectivity index (χ4v) is 1.93. The first-order chi connectivity index (χ1) is 8.45. The van der Waals surface area contributed by atoms with Gasteiger partial charge in [0.25, 0.3) is 0 Å². The average molecular weight is 267 g/mol. The van der Waals surface area contributed by atoms with Crippen molar-refractivity contribution in [2.75, 3.05) is 5.75 Å². The number of aliphatic hydroxyl groups is 2. The van der Waals surface area contributed by atoms with Crippen molar-refractivity contribution in [3.05, 3.63) is 29.3 Å². The van der Waals surface area contributed by atoms with Gasteiger partial charge in [0.2, 0.25) is 0 Å². The second-order valence-corrected chi connectivity index (χ2v) is 4.90. The third-order valence-electron chi connectivity index (χ3n) is 2.30. The number of carbonyl (C=O) groups is 1. The molecule has 0 spiro atoms. The van der Waals surface area contributed by atoms with Crippen LogP contribution < -0.4 is 0 Å². The normalized spacial score (nSPS) is 13.7. The molecule has 0 fully saturated rings. The summed E-state index contributed by atoms with van der Waals surface area (Å²) >= 11 is 0.912. The molecule has 0 heterocycles. The Morgan fingerprint density at radius 3 is 2.72 bits per heavy atom. The molecule has 3 N–H and O–H groups in total. The minimum absolute atomic E-state index is 0.0259. The number of carbonyl (C=O) groups excluding carboxylic acids is 1. The number of hydrogen-bond donors (Lipinski definition) is 3. The highest BCUT2D eigenvalue weighted by atomic mass is 32.2. The maximum absolute atomic E-state index is 10.7. The molecule has 0 amide bonds. The molecule has 2 unspecified atom stereocenters. The highest BCUT2D eigenvalue weighted by Gasteiger charge is 2.20. The highest BCUT2D eigenvalue weighted by molar-refractivity contribution is 8.13. The summed E-state index contributed by atoms with van der Waals surface area (Å²) in [6, 6.07) is 5.78. The molecule has 6 heteroatoms. The van der Waals surface area contributed by atoms with Gasteiger partial charge in [0, 0.05) is 12.7 Å². The Labute approximate surface area is 109 Å². The average Bonchev–Trinajstić information content (AvgIpc) is 2.35. The molecule has 0 saturated heterocycles.